The van der Waals surface area contributed by atoms with Crippen LogP contribution in [-0.4, -0.2) is 47.2 Å². The number of nitrogens with two attached hydrogens (primary N) is 1. The van der Waals surface area contributed by atoms with Crippen molar-refractivity contribution in [3.05, 3.63) is 78.1 Å². The number of carboxylic acids is 1. The number of hydrogen-bond donors (Lipinski definition) is 3. The number of pyridine rings is 1. The normalized spacial score (nSPS) is 10.8. The SMILES string of the molecule is CC(C)(O)c1nc(-c2cccc(C(N)=O)c2)no1.O=C(O)c1cnc(-c2ccccn2)nc1. The van der Waals surface area contributed by atoms with Gasteiger partial charge in [-0.25, -0.2) is 14.8 Å². The van der Waals surface area contributed by atoms with Gasteiger partial charge in [0.05, 0.1) is 5.56 Å². The molecule has 11 nitrogen and oxygen atoms in total. The van der Waals surface area contributed by atoms with Crippen LogP contribution < -0.4 is 5.73 Å². The molecule has 0 saturated heterocycles. The van der Waals surface area contributed by atoms with Crippen LogP contribution in [0.25, 0.3) is 22.9 Å². The number of aliphatic hydroxyl groups is 1. The number of carbonyl (C=O) groups excluding carboxylic acids is 1. The number of rotatable bonds is 5. The van der Waals surface area contributed by atoms with Crippen LogP contribution in [0.5, 0.6) is 0 Å². The van der Waals surface area contributed by atoms with E-state index in [2.05, 4.69) is 25.1 Å². The molecule has 11 heteroatoms. The van der Waals surface area contributed by atoms with Crippen LogP contribution in [0.4, 0.5) is 0 Å². The fourth-order valence-corrected chi connectivity index (χ4v) is 2.47. The highest BCUT2D eigenvalue weighted by Crippen LogP contribution is 2.22. The van der Waals surface area contributed by atoms with E-state index in [4.69, 9.17) is 15.4 Å². The Morgan fingerprint density at radius 3 is 2.24 bits per heavy atom. The number of hydrogen-bond acceptors (Lipinski definition) is 9. The maximum absolute atomic E-state index is 11.1. The minimum atomic E-state index is -1.20. The van der Waals surface area contributed by atoms with Gasteiger partial charge in [0.25, 0.3) is 5.89 Å². The summed E-state index contributed by atoms with van der Waals surface area (Å²) >= 11 is 0. The van der Waals surface area contributed by atoms with Crippen LogP contribution in [0.15, 0.2) is 65.6 Å². The first-order valence-electron chi connectivity index (χ1n) is 9.58. The number of primary amides is 1. The number of aromatic nitrogens is 5. The van der Waals surface area contributed by atoms with Crippen molar-refractivity contribution < 1.29 is 24.3 Å². The average molecular weight is 448 g/mol. The van der Waals surface area contributed by atoms with E-state index < -0.39 is 17.5 Å². The van der Waals surface area contributed by atoms with E-state index in [0.717, 1.165) is 0 Å². The van der Waals surface area contributed by atoms with Crippen molar-refractivity contribution in [1.29, 1.82) is 0 Å². The van der Waals surface area contributed by atoms with Crippen LogP contribution in [0.1, 0.15) is 40.5 Å². The van der Waals surface area contributed by atoms with E-state index in [-0.39, 0.29) is 11.5 Å². The summed E-state index contributed by atoms with van der Waals surface area (Å²) in [5.74, 6) is -0.733. The molecule has 1 amide bonds. The van der Waals surface area contributed by atoms with Crippen molar-refractivity contribution in [1.82, 2.24) is 25.1 Å². The summed E-state index contributed by atoms with van der Waals surface area (Å²) in [6, 6.07) is 11.9. The first-order valence-corrected chi connectivity index (χ1v) is 9.58. The Hall–Kier alpha value is -4.51. The van der Waals surface area contributed by atoms with Gasteiger partial charge in [-0.05, 0) is 38.1 Å². The monoisotopic (exact) mass is 448 g/mol. The van der Waals surface area contributed by atoms with Gasteiger partial charge in [-0.2, -0.15) is 4.98 Å². The van der Waals surface area contributed by atoms with Gasteiger partial charge in [0.2, 0.25) is 11.7 Å². The topological polar surface area (TPSA) is 178 Å². The maximum atomic E-state index is 11.1. The molecular weight excluding hydrogens is 428 g/mol. The standard InChI is InChI=1S/C12H13N3O3.C10H7N3O2/c1-12(2,17)11-14-10(15-18-11)8-5-3-4-7(6-8)9(13)16;14-10(15)7-5-12-9(13-6-7)8-3-1-2-4-11-8/h3-6,17H,1-2H3,(H2,13,16);1-6H,(H,14,15). The van der Waals surface area contributed by atoms with Crippen molar-refractivity contribution in [2.24, 2.45) is 5.73 Å². The zero-order chi connectivity index (χ0) is 24.0. The summed E-state index contributed by atoms with van der Waals surface area (Å²) in [6.45, 7) is 3.09. The first-order chi connectivity index (χ1) is 15.6. The smallest absolute Gasteiger partial charge is 0.338 e. The Labute approximate surface area is 188 Å². The third kappa shape index (κ3) is 6.02. The van der Waals surface area contributed by atoms with Crippen molar-refractivity contribution in [3.8, 4) is 22.9 Å². The number of benzene rings is 1. The van der Waals surface area contributed by atoms with Gasteiger partial charge in [-0.15, -0.1) is 0 Å². The minimum Gasteiger partial charge on any atom is -0.478 e. The summed E-state index contributed by atoms with van der Waals surface area (Å²) < 4.78 is 4.96. The van der Waals surface area contributed by atoms with Gasteiger partial charge < -0.3 is 20.5 Å². The van der Waals surface area contributed by atoms with Crippen LogP contribution in [0.2, 0.25) is 0 Å². The Kier molecular flexibility index (Phi) is 6.84. The largest absolute Gasteiger partial charge is 0.478 e. The Balaban J connectivity index is 0.000000189. The van der Waals surface area contributed by atoms with E-state index >= 15 is 0 Å². The molecule has 1 aromatic carbocycles. The molecule has 33 heavy (non-hydrogen) atoms. The van der Waals surface area contributed by atoms with Gasteiger partial charge in [0.1, 0.15) is 11.3 Å². The third-order valence-corrected chi connectivity index (χ3v) is 4.15. The molecule has 0 aliphatic carbocycles. The summed E-state index contributed by atoms with van der Waals surface area (Å²) in [6.07, 6.45) is 4.16. The minimum absolute atomic E-state index is 0.0645. The second-order valence-electron chi connectivity index (χ2n) is 7.24. The molecule has 168 valence electrons. The molecule has 0 fully saturated rings. The molecular formula is C22H20N6O5. The van der Waals surface area contributed by atoms with Crippen molar-refractivity contribution in [3.63, 3.8) is 0 Å². The van der Waals surface area contributed by atoms with Crippen LogP contribution in [0, 0.1) is 0 Å². The van der Waals surface area contributed by atoms with E-state index in [1.807, 2.05) is 6.07 Å². The molecule has 0 unspecified atom stereocenters. The molecule has 4 rings (SSSR count). The van der Waals surface area contributed by atoms with Crippen molar-refractivity contribution in [2.45, 2.75) is 19.4 Å². The molecule has 0 aliphatic heterocycles. The zero-order valence-electron chi connectivity index (χ0n) is 17.7. The zero-order valence-corrected chi connectivity index (χ0v) is 17.7. The molecule has 0 aliphatic rings. The fraction of sp³-hybridized carbons (Fsp3) is 0.136. The number of amides is 1. The second-order valence-corrected chi connectivity index (χ2v) is 7.24. The molecule has 3 aromatic heterocycles. The molecule has 4 N–H and O–H groups in total. The van der Waals surface area contributed by atoms with Crippen LogP contribution >= 0.6 is 0 Å². The summed E-state index contributed by atoms with van der Waals surface area (Å²) in [5, 5.41) is 22.1. The maximum Gasteiger partial charge on any atom is 0.338 e. The van der Waals surface area contributed by atoms with Gasteiger partial charge in [-0.3, -0.25) is 9.78 Å². The second kappa shape index (κ2) is 9.75. The van der Waals surface area contributed by atoms with E-state index in [0.29, 0.717) is 28.5 Å². The average Bonchev–Trinajstić information content (AvgIpc) is 3.31. The first kappa shape index (κ1) is 23.2. The molecule has 4 aromatic rings. The van der Waals surface area contributed by atoms with Crippen molar-refractivity contribution >= 4 is 11.9 Å². The molecule has 0 atom stereocenters. The van der Waals surface area contributed by atoms with E-state index in [1.54, 1.807) is 56.4 Å². The fourth-order valence-electron chi connectivity index (χ4n) is 2.47. The number of aromatic carboxylic acids is 1. The van der Waals surface area contributed by atoms with E-state index in [9.17, 15) is 14.7 Å². The summed E-state index contributed by atoms with van der Waals surface area (Å²) in [5.41, 5.74) is 5.64. The van der Waals surface area contributed by atoms with Crippen molar-refractivity contribution in [2.75, 3.05) is 0 Å². The molecule has 0 radical (unpaired) electrons. The van der Waals surface area contributed by atoms with Crippen LogP contribution in [-0.2, 0) is 5.60 Å². The molecule has 3 heterocycles. The lowest BCUT2D eigenvalue weighted by atomic mass is 10.1. The van der Waals surface area contributed by atoms with Gasteiger partial charge >= 0.3 is 5.97 Å². The number of carboxylic acid groups (broad SMARTS) is 1. The van der Waals surface area contributed by atoms with E-state index in [1.165, 1.54) is 12.4 Å². The lowest BCUT2D eigenvalue weighted by Crippen LogP contribution is -2.15. The Morgan fingerprint density at radius 2 is 1.70 bits per heavy atom. The Bertz CT molecular complexity index is 1250. The predicted octanol–water partition coefficient (Wildman–Crippen LogP) is 2.30. The lowest BCUT2D eigenvalue weighted by Gasteiger charge is -2.09. The Morgan fingerprint density at radius 1 is 0.970 bits per heavy atom. The molecule has 0 saturated carbocycles. The van der Waals surface area contributed by atoms with Crippen LogP contribution in [0.3, 0.4) is 0 Å². The predicted molar refractivity (Wildman–Crippen MR) is 116 cm³/mol. The van der Waals surface area contributed by atoms with Gasteiger partial charge in [0.15, 0.2) is 5.82 Å². The molecule has 0 bridgehead atoms. The highest BCUT2D eigenvalue weighted by Gasteiger charge is 2.24. The quantitative estimate of drug-likeness (QED) is 0.410. The number of nitrogens with zero attached hydrogens (tertiary/aromatic N) is 5. The molecule has 0 spiro atoms. The highest BCUT2D eigenvalue weighted by atomic mass is 16.5. The van der Waals surface area contributed by atoms with Gasteiger partial charge in [-0.1, -0.05) is 23.4 Å². The third-order valence-electron chi connectivity index (χ3n) is 4.15. The van der Waals surface area contributed by atoms with Gasteiger partial charge in [0, 0.05) is 29.7 Å². The summed E-state index contributed by atoms with van der Waals surface area (Å²) in [4.78, 5) is 37.6. The highest BCUT2D eigenvalue weighted by molar-refractivity contribution is 5.93. The lowest BCUT2D eigenvalue weighted by molar-refractivity contribution is 0.0420. The summed E-state index contributed by atoms with van der Waals surface area (Å²) in [7, 11) is 0. The number of carbonyl (C=O) groups is 2.